The Kier molecular flexibility index (Phi) is 3.85. The predicted octanol–water partition coefficient (Wildman–Crippen LogP) is 2.90. The average molecular weight is 309 g/mol. The number of rotatable bonds is 3. The topological polar surface area (TPSA) is 38.8 Å². The van der Waals surface area contributed by atoms with Crippen molar-refractivity contribution in [2.24, 2.45) is 0 Å². The molecule has 2 fully saturated rings. The van der Waals surface area contributed by atoms with Gasteiger partial charge in [0.2, 0.25) is 5.91 Å². The molecule has 0 saturated carbocycles. The normalized spacial score (nSPS) is 27.0. The van der Waals surface area contributed by atoms with E-state index in [0.29, 0.717) is 19.6 Å². The number of hydrogen-bond acceptors (Lipinski definition) is 3. The van der Waals surface area contributed by atoms with Gasteiger partial charge in [0.1, 0.15) is 0 Å². The lowest BCUT2D eigenvalue weighted by Crippen LogP contribution is -2.45. The highest BCUT2D eigenvalue weighted by Crippen LogP contribution is 2.34. The monoisotopic (exact) mass is 309 g/mol. The van der Waals surface area contributed by atoms with Crippen molar-refractivity contribution in [3.63, 3.8) is 0 Å². The molecule has 2 heterocycles. The standard InChI is InChI=1S/C19H19NO3/c21-18-11-17-16(20(18)12-14-7-3-1-4-8-14)13-22-19(23-17)15-9-5-2-6-10-15/h1-10,16-17,19H,11-13H2/t16-,17-,19-/m0/s1. The number of ether oxygens (including phenoxy) is 2. The zero-order valence-corrected chi connectivity index (χ0v) is 12.8. The summed E-state index contributed by atoms with van der Waals surface area (Å²) >= 11 is 0. The second-order valence-electron chi connectivity index (χ2n) is 6.03. The molecular formula is C19H19NO3. The summed E-state index contributed by atoms with van der Waals surface area (Å²) < 4.78 is 11.9. The van der Waals surface area contributed by atoms with E-state index in [1.165, 1.54) is 0 Å². The molecule has 0 spiro atoms. The maximum absolute atomic E-state index is 12.4. The molecule has 2 aromatic rings. The van der Waals surface area contributed by atoms with E-state index in [4.69, 9.17) is 9.47 Å². The molecule has 3 atom stereocenters. The minimum absolute atomic E-state index is 0.00247. The number of carbonyl (C=O) groups is 1. The van der Waals surface area contributed by atoms with Crippen LogP contribution in [0.2, 0.25) is 0 Å². The van der Waals surface area contributed by atoms with Crippen molar-refractivity contribution in [3.8, 4) is 0 Å². The van der Waals surface area contributed by atoms with Crippen LogP contribution < -0.4 is 0 Å². The van der Waals surface area contributed by atoms with Crippen molar-refractivity contribution in [1.29, 1.82) is 0 Å². The molecule has 0 bridgehead atoms. The van der Waals surface area contributed by atoms with E-state index in [0.717, 1.165) is 11.1 Å². The quantitative estimate of drug-likeness (QED) is 0.875. The van der Waals surface area contributed by atoms with Gasteiger partial charge in [0.15, 0.2) is 6.29 Å². The van der Waals surface area contributed by atoms with Crippen LogP contribution >= 0.6 is 0 Å². The molecule has 0 N–H and O–H groups in total. The summed E-state index contributed by atoms with van der Waals surface area (Å²) in [6.45, 7) is 1.13. The van der Waals surface area contributed by atoms with Crippen LogP contribution in [0.25, 0.3) is 0 Å². The second-order valence-corrected chi connectivity index (χ2v) is 6.03. The van der Waals surface area contributed by atoms with Gasteiger partial charge in [-0.05, 0) is 5.56 Å². The molecule has 2 aliphatic heterocycles. The maximum Gasteiger partial charge on any atom is 0.225 e. The van der Waals surface area contributed by atoms with Crippen LogP contribution in [0.3, 0.4) is 0 Å². The summed E-state index contributed by atoms with van der Waals surface area (Å²) in [6.07, 6.45) is -0.0309. The number of hydrogen-bond donors (Lipinski definition) is 0. The predicted molar refractivity (Wildman–Crippen MR) is 85.4 cm³/mol. The molecule has 118 valence electrons. The number of likely N-dealkylation sites (tertiary alicyclic amines) is 1. The third-order valence-corrected chi connectivity index (χ3v) is 4.51. The minimum Gasteiger partial charge on any atom is -0.346 e. The molecule has 2 aliphatic rings. The Balaban J connectivity index is 1.47. The lowest BCUT2D eigenvalue weighted by Gasteiger charge is -2.36. The van der Waals surface area contributed by atoms with E-state index in [1.807, 2.05) is 65.6 Å². The van der Waals surface area contributed by atoms with Crippen LogP contribution in [0.4, 0.5) is 0 Å². The van der Waals surface area contributed by atoms with Crippen molar-refractivity contribution in [1.82, 2.24) is 4.90 Å². The van der Waals surface area contributed by atoms with E-state index in [9.17, 15) is 4.79 Å². The molecule has 0 radical (unpaired) electrons. The molecule has 2 aromatic carbocycles. The first kappa shape index (κ1) is 14.4. The van der Waals surface area contributed by atoms with Crippen LogP contribution in [-0.2, 0) is 20.8 Å². The lowest BCUT2D eigenvalue weighted by atomic mass is 10.1. The van der Waals surface area contributed by atoms with E-state index < -0.39 is 0 Å². The summed E-state index contributed by atoms with van der Waals surface area (Å²) in [4.78, 5) is 14.3. The van der Waals surface area contributed by atoms with Gasteiger partial charge in [-0.1, -0.05) is 60.7 Å². The fourth-order valence-corrected chi connectivity index (χ4v) is 3.30. The van der Waals surface area contributed by atoms with Crippen molar-refractivity contribution < 1.29 is 14.3 Å². The number of benzene rings is 2. The molecule has 4 heteroatoms. The first-order valence-electron chi connectivity index (χ1n) is 7.96. The van der Waals surface area contributed by atoms with Crippen LogP contribution in [0.1, 0.15) is 23.8 Å². The minimum atomic E-state index is -0.373. The van der Waals surface area contributed by atoms with Crippen molar-refractivity contribution >= 4 is 5.91 Å². The van der Waals surface area contributed by atoms with E-state index >= 15 is 0 Å². The Morgan fingerprint density at radius 3 is 2.43 bits per heavy atom. The zero-order valence-electron chi connectivity index (χ0n) is 12.8. The number of carbonyl (C=O) groups excluding carboxylic acids is 1. The molecule has 1 amide bonds. The van der Waals surface area contributed by atoms with Crippen molar-refractivity contribution in [2.75, 3.05) is 6.61 Å². The van der Waals surface area contributed by atoms with E-state index in [2.05, 4.69) is 0 Å². The first-order valence-corrected chi connectivity index (χ1v) is 7.96. The van der Waals surface area contributed by atoms with Gasteiger partial charge in [-0.25, -0.2) is 0 Å². The van der Waals surface area contributed by atoms with Crippen LogP contribution in [0, 0.1) is 0 Å². The third kappa shape index (κ3) is 2.87. The molecular weight excluding hydrogens is 290 g/mol. The Morgan fingerprint density at radius 2 is 1.70 bits per heavy atom. The molecule has 0 aliphatic carbocycles. The Bertz CT molecular complexity index is 674. The van der Waals surface area contributed by atoms with E-state index in [1.54, 1.807) is 0 Å². The van der Waals surface area contributed by atoms with Gasteiger partial charge in [-0.3, -0.25) is 4.79 Å². The molecule has 0 aromatic heterocycles. The number of fused-ring (bicyclic) bond motifs is 1. The van der Waals surface area contributed by atoms with Gasteiger partial charge < -0.3 is 14.4 Å². The molecule has 4 rings (SSSR count). The number of nitrogens with zero attached hydrogens (tertiary/aromatic N) is 1. The highest BCUT2D eigenvalue weighted by molar-refractivity contribution is 5.80. The highest BCUT2D eigenvalue weighted by Gasteiger charge is 2.45. The van der Waals surface area contributed by atoms with Crippen molar-refractivity contribution in [3.05, 3.63) is 71.8 Å². The highest BCUT2D eigenvalue weighted by atomic mass is 16.7. The second kappa shape index (κ2) is 6.14. The Labute approximate surface area is 135 Å². The van der Waals surface area contributed by atoms with Crippen LogP contribution in [0.5, 0.6) is 0 Å². The van der Waals surface area contributed by atoms with E-state index in [-0.39, 0.29) is 24.3 Å². The summed E-state index contributed by atoms with van der Waals surface area (Å²) in [5, 5.41) is 0. The summed E-state index contributed by atoms with van der Waals surface area (Å²) in [6, 6.07) is 19.9. The summed E-state index contributed by atoms with van der Waals surface area (Å²) in [5.74, 6) is 0.140. The fourth-order valence-electron chi connectivity index (χ4n) is 3.30. The van der Waals surface area contributed by atoms with Crippen molar-refractivity contribution in [2.45, 2.75) is 31.4 Å². The SMILES string of the molecule is O=C1C[C@@H]2O[C@@H](c3ccccc3)OC[C@@H]2N1Cc1ccccc1. The van der Waals surface area contributed by atoms with Gasteiger partial charge >= 0.3 is 0 Å². The molecule has 2 saturated heterocycles. The smallest absolute Gasteiger partial charge is 0.225 e. The lowest BCUT2D eigenvalue weighted by molar-refractivity contribution is -0.230. The molecule has 4 nitrogen and oxygen atoms in total. The largest absolute Gasteiger partial charge is 0.346 e. The average Bonchev–Trinajstić information content (AvgIpc) is 2.91. The maximum atomic E-state index is 12.4. The summed E-state index contributed by atoms with van der Waals surface area (Å²) in [7, 11) is 0. The van der Waals surface area contributed by atoms with Gasteiger partial charge in [0, 0.05) is 12.1 Å². The molecule has 23 heavy (non-hydrogen) atoms. The fraction of sp³-hybridized carbons (Fsp3) is 0.316. The first-order chi connectivity index (χ1) is 11.3. The third-order valence-electron chi connectivity index (χ3n) is 4.51. The summed E-state index contributed by atoms with van der Waals surface area (Å²) in [5.41, 5.74) is 2.13. The number of amides is 1. The zero-order chi connectivity index (χ0) is 15.6. The Hall–Kier alpha value is -2.17. The van der Waals surface area contributed by atoms with Gasteiger partial charge in [-0.15, -0.1) is 0 Å². The van der Waals surface area contributed by atoms with Crippen LogP contribution in [-0.4, -0.2) is 29.6 Å². The van der Waals surface area contributed by atoms with Gasteiger partial charge in [0.25, 0.3) is 0 Å². The Morgan fingerprint density at radius 1 is 1.00 bits per heavy atom. The van der Waals surface area contributed by atoms with Gasteiger partial charge in [-0.2, -0.15) is 0 Å². The van der Waals surface area contributed by atoms with Gasteiger partial charge in [0.05, 0.1) is 25.2 Å². The van der Waals surface area contributed by atoms with Crippen LogP contribution in [0.15, 0.2) is 60.7 Å². The molecule has 0 unspecified atom stereocenters.